The fourth-order valence-corrected chi connectivity index (χ4v) is 2.50. The van der Waals surface area contributed by atoms with Gasteiger partial charge in [0.1, 0.15) is 0 Å². The minimum absolute atomic E-state index is 0.211. The van der Waals surface area contributed by atoms with E-state index in [2.05, 4.69) is 15.8 Å². The third-order valence-electron chi connectivity index (χ3n) is 3.45. The van der Waals surface area contributed by atoms with Gasteiger partial charge < -0.3 is 19.5 Å². The summed E-state index contributed by atoms with van der Waals surface area (Å²) in [7, 11) is 4.44. The van der Waals surface area contributed by atoms with Crippen molar-refractivity contribution in [2.24, 2.45) is 5.10 Å². The molecule has 10 heteroatoms. The molecule has 0 spiro atoms. The van der Waals surface area contributed by atoms with Crippen LogP contribution in [0.5, 0.6) is 17.2 Å². The Morgan fingerprint density at radius 3 is 2.18 bits per heavy atom. The van der Waals surface area contributed by atoms with Crippen molar-refractivity contribution in [3.63, 3.8) is 0 Å². The van der Waals surface area contributed by atoms with Crippen LogP contribution in [-0.2, 0) is 9.59 Å². The van der Waals surface area contributed by atoms with E-state index in [-0.39, 0.29) is 10.7 Å². The van der Waals surface area contributed by atoms with Crippen LogP contribution in [0, 0.1) is 0 Å². The van der Waals surface area contributed by atoms with E-state index >= 15 is 0 Å². The van der Waals surface area contributed by atoms with E-state index in [0.717, 1.165) is 0 Å². The van der Waals surface area contributed by atoms with Crippen LogP contribution in [0.15, 0.2) is 35.4 Å². The summed E-state index contributed by atoms with van der Waals surface area (Å²) >= 11 is 11.8. The average Bonchev–Trinajstić information content (AvgIpc) is 2.69. The zero-order valence-corrected chi connectivity index (χ0v) is 16.7. The van der Waals surface area contributed by atoms with E-state index in [1.165, 1.54) is 39.7 Å². The minimum atomic E-state index is -0.986. The number of carbonyl (C=O) groups excluding carboxylic acids is 2. The van der Waals surface area contributed by atoms with Crippen molar-refractivity contribution in [2.45, 2.75) is 0 Å². The number of halogens is 2. The van der Waals surface area contributed by atoms with Gasteiger partial charge in [0, 0.05) is 10.6 Å². The van der Waals surface area contributed by atoms with E-state index in [9.17, 15) is 9.59 Å². The van der Waals surface area contributed by atoms with Crippen LogP contribution in [0.25, 0.3) is 0 Å². The largest absolute Gasteiger partial charge is 0.493 e. The Hall–Kier alpha value is -2.97. The first-order valence-electron chi connectivity index (χ1n) is 7.79. The molecule has 0 saturated carbocycles. The average molecular weight is 426 g/mol. The molecule has 28 heavy (non-hydrogen) atoms. The van der Waals surface area contributed by atoms with Gasteiger partial charge in [0.2, 0.25) is 5.75 Å². The van der Waals surface area contributed by atoms with Crippen LogP contribution in [0.4, 0.5) is 5.69 Å². The first-order chi connectivity index (χ1) is 13.4. The summed E-state index contributed by atoms with van der Waals surface area (Å²) in [5, 5.41) is 6.71. The molecule has 8 nitrogen and oxygen atoms in total. The number of carbonyl (C=O) groups is 2. The first kappa shape index (κ1) is 21.3. The number of rotatable bonds is 6. The molecule has 0 atom stereocenters. The zero-order chi connectivity index (χ0) is 20.7. The molecule has 2 N–H and O–H groups in total. The normalized spacial score (nSPS) is 10.5. The van der Waals surface area contributed by atoms with Gasteiger partial charge in [0.05, 0.1) is 38.3 Å². The Labute approximate surface area is 171 Å². The zero-order valence-electron chi connectivity index (χ0n) is 15.2. The number of methoxy groups -OCH3 is 3. The molecule has 2 aromatic carbocycles. The van der Waals surface area contributed by atoms with Gasteiger partial charge in [-0.3, -0.25) is 9.59 Å². The number of ether oxygens (including phenoxy) is 3. The van der Waals surface area contributed by atoms with Crippen molar-refractivity contribution in [3.05, 3.63) is 45.9 Å². The lowest BCUT2D eigenvalue weighted by Crippen LogP contribution is -2.32. The van der Waals surface area contributed by atoms with E-state index in [1.54, 1.807) is 18.2 Å². The second-order valence-electron chi connectivity index (χ2n) is 5.24. The van der Waals surface area contributed by atoms with Gasteiger partial charge in [-0.05, 0) is 30.3 Å². The maximum atomic E-state index is 11.9. The Bertz CT molecular complexity index is 893. The maximum Gasteiger partial charge on any atom is 0.329 e. The number of hydrogen-bond acceptors (Lipinski definition) is 6. The fourth-order valence-electron chi connectivity index (χ4n) is 2.16. The molecule has 0 aliphatic carbocycles. The second kappa shape index (κ2) is 9.82. The van der Waals surface area contributed by atoms with Gasteiger partial charge >= 0.3 is 11.8 Å². The highest BCUT2D eigenvalue weighted by atomic mass is 35.5. The Morgan fingerprint density at radius 2 is 1.61 bits per heavy atom. The predicted octanol–water partition coefficient (Wildman–Crippen LogP) is 3.11. The standard InChI is InChI=1S/C18H17Cl2N3O5/c1-26-14-6-10(7-15(27-2)16(14)28-3)9-21-23-18(25)17(24)22-13-8-11(19)4-5-12(13)20/h4-9H,1-3H3,(H,22,24)(H,23,25). The van der Waals surface area contributed by atoms with Crippen LogP contribution in [-0.4, -0.2) is 39.4 Å². The quantitative estimate of drug-likeness (QED) is 0.420. The third kappa shape index (κ3) is 5.28. The number of amides is 2. The fraction of sp³-hybridized carbons (Fsp3) is 0.167. The maximum absolute atomic E-state index is 11.9. The highest BCUT2D eigenvalue weighted by molar-refractivity contribution is 6.42. The lowest BCUT2D eigenvalue weighted by molar-refractivity contribution is -0.136. The van der Waals surface area contributed by atoms with Crippen LogP contribution < -0.4 is 25.0 Å². The summed E-state index contributed by atoms with van der Waals surface area (Å²) in [5.74, 6) is -0.680. The first-order valence-corrected chi connectivity index (χ1v) is 8.54. The van der Waals surface area contributed by atoms with E-state index in [4.69, 9.17) is 37.4 Å². The molecule has 0 bridgehead atoms. The van der Waals surface area contributed by atoms with E-state index in [0.29, 0.717) is 27.8 Å². The minimum Gasteiger partial charge on any atom is -0.493 e. The summed E-state index contributed by atoms with van der Waals surface area (Å²) in [6.07, 6.45) is 1.32. The van der Waals surface area contributed by atoms with Gasteiger partial charge in [-0.1, -0.05) is 23.2 Å². The molecule has 0 aromatic heterocycles. The number of nitrogens with one attached hydrogen (secondary N) is 2. The number of hydrazone groups is 1. The number of benzene rings is 2. The topological polar surface area (TPSA) is 98.2 Å². The number of anilines is 1. The Balaban J connectivity index is 2.06. The molecule has 2 amide bonds. The van der Waals surface area contributed by atoms with Crippen molar-refractivity contribution in [1.82, 2.24) is 5.43 Å². The number of nitrogens with zero attached hydrogens (tertiary/aromatic N) is 1. The molecule has 0 aliphatic rings. The molecule has 0 fully saturated rings. The van der Waals surface area contributed by atoms with Gasteiger partial charge in [-0.25, -0.2) is 5.43 Å². The molecular weight excluding hydrogens is 409 g/mol. The van der Waals surface area contributed by atoms with E-state index < -0.39 is 11.8 Å². The molecule has 0 heterocycles. The number of hydrogen-bond donors (Lipinski definition) is 2. The van der Waals surface area contributed by atoms with Gasteiger partial charge in [-0.2, -0.15) is 5.10 Å². The Kier molecular flexibility index (Phi) is 7.48. The summed E-state index contributed by atoms with van der Waals surface area (Å²) in [5.41, 5.74) is 2.88. The van der Waals surface area contributed by atoms with Gasteiger partial charge in [0.25, 0.3) is 0 Å². The third-order valence-corrected chi connectivity index (χ3v) is 4.01. The smallest absolute Gasteiger partial charge is 0.329 e. The van der Waals surface area contributed by atoms with Crippen LogP contribution >= 0.6 is 23.2 Å². The lowest BCUT2D eigenvalue weighted by Gasteiger charge is -2.12. The van der Waals surface area contributed by atoms with Crippen LogP contribution in [0.2, 0.25) is 10.0 Å². The summed E-state index contributed by atoms with van der Waals surface area (Å²) < 4.78 is 15.7. The van der Waals surface area contributed by atoms with Crippen LogP contribution in [0.3, 0.4) is 0 Å². The Morgan fingerprint density at radius 1 is 0.964 bits per heavy atom. The highest BCUT2D eigenvalue weighted by Crippen LogP contribution is 2.37. The molecule has 0 unspecified atom stereocenters. The summed E-state index contributed by atoms with van der Waals surface area (Å²) in [4.78, 5) is 23.8. The van der Waals surface area contributed by atoms with Gasteiger partial charge in [-0.15, -0.1) is 0 Å². The SMILES string of the molecule is COc1cc(C=NNC(=O)C(=O)Nc2cc(Cl)ccc2Cl)cc(OC)c1OC. The molecule has 2 rings (SSSR count). The highest BCUT2D eigenvalue weighted by Gasteiger charge is 2.15. The molecule has 0 aliphatic heterocycles. The molecule has 0 radical (unpaired) electrons. The van der Waals surface area contributed by atoms with Crippen LogP contribution in [0.1, 0.15) is 5.56 Å². The van der Waals surface area contributed by atoms with Crippen molar-refractivity contribution < 1.29 is 23.8 Å². The molecule has 148 valence electrons. The summed E-state index contributed by atoms with van der Waals surface area (Å²) in [6, 6.07) is 7.74. The van der Waals surface area contributed by atoms with Crippen molar-refractivity contribution >= 4 is 46.9 Å². The molecule has 2 aromatic rings. The van der Waals surface area contributed by atoms with Crippen molar-refractivity contribution in [1.29, 1.82) is 0 Å². The van der Waals surface area contributed by atoms with Crippen molar-refractivity contribution in [2.75, 3.05) is 26.6 Å². The van der Waals surface area contributed by atoms with Crippen molar-refractivity contribution in [3.8, 4) is 17.2 Å². The lowest BCUT2D eigenvalue weighted by atomic mass is 10.2. The predicted molar refractivity (Wildman–Crippen MR) is 107 cm³/mol. The second-order valence-corrected chi connectivity index (χ2v) is 6.08. The molecular formula is C18H17Cl2N3O5. The van der Waals surface area contributed by atoms with E-state index in [1.807, 2.05) is 0 Å². The van der Waals surface area contributed by atoms with Gasteiger partial charge in [0.15, 0.2) is 11.5 Å². The monoisotopic (exact) mass is 425 g/mol. The molecule has 0 saturated heterocycles. The summed E-state index contributed by atoms with van der Waals surface area (Å²) in [6.45, 7) is 0.